The molecule has 4 aromatic rings. The van der Waals surface area contributed by atoms with Gasteiger partial charge in [-0.2, -0.15) is 0 Å². The topological polar surface area (TPSA) is 133 Å². The third kappa shape index (κ3) is 6.12. The van der Waals surface area contributed by atoms with E-state index in [2.05, 4.69) is 5.32 Å². The van der Waals surface area contributed by atoms with Crippen molar-refractivity contribution in [2.45, 2.75) is 12.6 Å². The van der Waals surface area contributed by atoms with Gasteiger partial charge in [-0.05, 0) is 59.7 Å². The molecular weight excluding hydrogens is 606 g/mol. The molecule has 0 aliphatic carbocycles. The van der Waals surface area contributed by atoms with E-state index < -0.39 is 36.1 Å². The van der Waals surface area contributed by atoms with Crippen molar-refractivity contribution in [3.63, 3.8) is 0 Å². The van der Waals surface area contributed by atoms with Crippen LogP contribution in [0.1, 0.15) is 27.5 Å². The summed E-state index contributed by atoms with van der Waals surface area (Å²) in [4.78, 5) is 57.1. The highest BCUT2D eigenvalue weighted by molar-refractivity contribution is 6.52. The molecule has 4 aromatic carbocycles. The van der Waals surface area contributed by atoms with Gasteiger partial charge in [0.2, 0.25) is 12.7 Å². The average molecular weight is 638 g/mol. The van der Waals surface area contributed by atoms with Crippen LogP contribution in [0.4, 0.5) is 11.4 Å². The van der Waals surface area contributed by atoms with Gasteiger partial charge in [0.1, 0.15) is 18.3 Å². The first-order valence-electron chi connectivity index (χ1n) is 14.6. The van der Waals surface area contributed by atoms with E-state index in [0.29, 0.717) is 51.2 Å². The van der Waals surface area contributed by atoms with Gasteiger partial charge in [0, 0.05) is 18.3 Å². The van der Waals surface area contributed by atoms with Crippen LogP contribution in [0.2, 0.25) is 0 Å². The van der Waals surface area contributed by atoms with Crippen LogP contribution < -0.4 is 33.9 Å². The van der Waals surface area contributed by atoms with Crippen molar-refractivity contribution in [2.75, 3.05) is 44.9 Å². The first kappa shape index (κ1) is 31.0. The van der Waals surface area contributed by atoms with Crippen molar-refractivity contribution in [3.05, 3.63) is 102 Å². The monoisotopic (exact) mass is 637 g/mol. The Morgan fingerprint density at radius 2 is 1.60 bits per heavy atom. The van der Waals surface area contributed by atoms with Gasteiger partial charge in [0.25, 0.3) is 17.6 Å². The zero-order chi connectivity index (χ0) is 33.1. The van der Waals surface area contributed by atoms with Gasteiger partial charge >= 0.3 is 0 Å². The number of hydrogen-bond acceptors (Lipinski definition) is 9. The molecule has 47 heavy (non-hydrogen) atoms. The van der Waals surface area contributed by atoms with E-state index in [-0.39, 0.29) is 18.9 Å². The molecule has 0 saturated heterocycles. The maximum atomic E-state index is 14.4. The number of para-hydroxylation sites is 1. The number of nitrogens with one attached hydrogen (secondary N) is 1. The van der Waals surface area contributed by atoms with E-state index in [1.807, 2.05) is 0 Å². The second-order valence-electron chi connectivity index (χ2n) is 10.7. The number of methoxy groups -OCH3 is 3. The summed E-state index contributed by atoms with van der Waals surface area (Å²) in [6, 6.07) is 22.2. The van der Waals surface area contributed by atoms with E-state index in [1.165, 1.54) is 19.1 Å². The van der Waals surface area contributed by atoms with Gasteiger partial charge in [0.15, 0.2) is 23.0 Å². The summed E-state index contributed by atoms with van der Waals surface area (Å²) in [6.45, 7) is -0.459. The number of benzene rings is 4. The normalized spacial score (nSPS) is 13.6. The molecule has 0 aromatic heterocycles. The van der Waals surface area contributed by atoms with E-state index >= 15 is 0 Å². The SMILES string of the molecule is COc1ccc(CN(C(=O)CN2C(=O)C(=O)c3ccccc32)C(C(=O)Nc2ccc3c(c2)OCO3)c2ccc(OC)c(OC)c2)cc1. The van der Waals surface area contributed by atoms with Crippen molar-refractivity contribution >= 4 is 34.9 Å². The Kier molecular flexibility index (Phi) is 8.65. The number of Topliss-reactive ketones (excluding diaryl/α,β-unsaturated/α-hetero) is 1. The third-order valence-corrected chi connectivity index (χ3v) is 7.93. The molecule has 0 spiro atoms. The van der Waals surface area contributed by atoms with Crippen LogP contribution in [0, 0.1) is 0 Å². The Balaban J connectivity index is 1.42. The molecule has 1 atom stereocenters. The highest BCUT2D eigenvalue weighted by atomic mass is 16.7. The number of ketones is 1. The van der Waals surface area contributed by atoms with Crippen LogP contribution in [0.25, 0.3) is 0 Å². The first-order valence-corrected chi connectivity index (χ1v) is 14.6. The number of fused-ring (bicyclic) bond motifs is 2. The van der Waals surface area contributed by atoms with Crippen molar-refractivity contribution in [1.29, 1.82) is 0 Å². The molecule has 0 saturated carbocycles. The fraction of sp³-hybridized carbons (Fsp3) is 0.200. The van der Waals surface area contributed by atoms with Crippen LogP contribution in [0.15, 0.2) is 84.9 Å². The lowest BCUT2D eigenvalue weighted by atomic mass is 10.0. The largest absolute Gasteiger partial charge is 0.497 e. The van der Waals surface area contributed by atoms with Crippen LogP contribution in [0.5, 0.6) is 28.7 Å². The van der Waals surface area contributed by atoms with E-state index in [9.17, 15) is 19.2 Å². The Morgan fingerprint density at radius 1 is 0.851 bits per heavy atom. The number of hydrogen-bond donors (Lipinski definition) is 1. The quantitative estimate of drug-likeness (QED) is 0.238. The highest BCUT2D eigenvalue weighted by Crippen LogP contribution is 2.37. The smallest absolute Gasteiger partial charge is 0.299 e. The Labute approximate surface area is 270 Å². The van der Waals surface area contributed by atoms with E-state index in [1.54, 1.807) is 92.0 Å². The number of rotatable bonds is 11. The number of amides is 3. The molecule has 3 amide bonds. The number of carbonyl (C=O) groups is 4. The molecule has 2 aliphatic heterocycles. The maximum absolute atomic E-state index is 14.4. The van der Waals surface area contributed by atoms with Crippen LogP contribution in [0.3, 0.4) is 0 Å². The van der Waals surface area contributed by atoms with Crippen LogP contribution in [-0.2, 0) is 20.9 Å². The zero-order valence-electron chi connectivity index (χ0n) is 25.9. The molecule has 1 N–H and O–H groups in total. The zero-order valence-corrected chi connectivity index (χ0v) is 25.9. The summed E-state index contributed by atoms with van der Waals surface area (Å²) >= 11 is 0. The van der Waals surface area contributed by atoms with Crippen LogP contribution >= 0.6 is 0 Å². The maximum Gasteiger partial charge on any atom is 0.299 e. The standard InChI is InChI=1S/C35H31N3O9/c1-43-24-12-8-21(9-13-24)18-38(31(39)19-37-26-7-5-4-6-25(26)33(40)35(37)42)32(22-10-14-27(44-2)29(16-22)45-3)34(41)36-23-11-15-28-30(17-23)47-20-46-28/h4-17,32H,18-20H2,1-3H3,(H,36,41). The number of ether oxygens (including phenoxy) is 5. The van der Waals surface area contributed by atoms with Gasteiger partial charge in [0.05, 0.1) is 32.6 Å². The lowest BCUT2D eigenvalue weighted by Crippen LogP contribution is -2.46. The summed E-state index contributed by atoms with van der Waals surface area (Å²) in [5, 5.41) is 2.91. The van der Waals surface area contributed by atoms with Gasteiger partial charge in [-0.25, -0.2) is 0 Å². The Hall–Kier alpha value is -6.04. The fourth-order valence-corrected chi connectivity index (χ4v) is 5.56. The van der Waals surface area contributed by atoms with Crippen molar-refractivity contribution < 1.29 is 42.9 Å². The molecule has 12 heteroatoms. The predicted octanol–water partition coefficient (Wildman–Crippen LogP) is 4.38. The van der Waals surface area contributed by atoms with Crippen molar-refractivity contribution in [3.8, 4) is 28.7 Å². The number of anilines is 2. The van der Waals surface area contributed by atoms with E-state index in [4.69, 9.17) is 23.7 Å². The second-order valence-corrected chi connectivity index (χ2v) is 10.7. The van der Waals surface area contributed by atoms with Gasteiger partial charge in [-0.15, -0.1) is 0 Å². The Morgan fingerprint density at radius 3 is 2.34 bits per heavy atom. The minimum absolute atomic E-state index is 0.0337. The molecule has 0 radical (unpaired) electrons. The summed E-state index contributed by atoms with van der Waals surface area (Å²) in [5.41, 5.74) is 2.05. The summed E-state index contributed by atoms with van der Waals surface area (Å²) < 4.78 is 27.1. The average Bonchev–Trinajstić information content (AvgIpc) is 3.66. The summed E-state index contributed by atoms with van der Waals surface area (Å²) in [5.74, 6) is -0.270. The number of nitrogens with zero attached hydrogens (tertiary/aromatic N) is 2. The van der Waals surface area contributed by atoms with Gasteiger partial charge in [-0.3, -0.25) is 24.1 Å². The summed E-state index contributed by atoms with van der Waals surface area (Å²) in [6.07, 6.45) is 0. The number of carbonyl (C=O) groups excluding carboxylic acids is 4. The molecule has 6 rings (SSSR count). The second kappa shape index (κ2) is 13.1. The van der Waals surface area contributed by atoms with Crippen molar-refractivity contribution in [2.24, 2.45) is 0 Å². The molecule has 0 bridgehead atoms. The minimum atomic E-state index is -1.24. The van der Waals surface area contributed by atoms with Crippen molar-refractivity contribution in [1.82, 2.24) is 4.90 Å². The Bertz CT molecular complexity index is 1860. The predicted molar refractivity (Wildman–Crippen MR) is 170 cm³/mol. The van der Waals surface area contributed by atoms with Gasteiger partial charge in [-0.1, -0.05) is 30.3 Å². The molecular formula is C35H31N3O9. The molecule has 2 heterocycles. The minimum Gasteiger partial charge on any atom is -0.497 e. The molecule has 12 nitrogen and oxygen atoms in total. The fourth-order valence-electron chi connectivity index (χ4n) is 5.56. The van der Waals surface area contributed by atoms with Crippen LogP contribution in [-0.4, -0.2) is 63.1 Å². The van der Waals surface area contributed by atoms with E-state index in [0.717, 1.165) is 4.90 Å². The molecule has 240 valence electrons. The van der Waals surface area contributed by atoms with Gasteiger partial charge < -0.3 is 33.9 Å². The first-order chi connectivity index (χ1) is 22.8. The molecule has 0 fully saturated rings. The summed E-state index contributed by atoms with van der Waals surface area (Å²) in [7, 11) is 4.51. The molecule has 1 unspecified atom stereocenters. The lowest BCUT2D eigenvalue weighted by Gasteiger charge is -2.33. The third-order valence-electron chi connectivity index (χ3n) is 7.93. The molecule has 2 aliphatic rings. The lowest BCUT2D eigenvalue weighted by molar-refractivity contribution is -0.139. The highest BCUT2D eigenvalue weighted by Gasteiger charge is 2.39.